The number of amides is 3. The van der Waals surface area contributed by atoms with Gasteiger partial charge in [-0.05, 0) is 164 Å². The van der Waals surface area contributed by atoms with E-state index in [1.54, 1.807) is 102 Å². The number of alkyl halides is 6. The van der Waals surface area contributed by atoms with Gasteiger partial charge < -0.3 is 36.6 Å². The van der Waals surface area contributed by atoms with E-state index in [-0.39, 0.29) is 41.1 Å². The van der Waals surface area contributed by atoms with Crippen LogP contribution in [0.3, 0.4) is 0 Å². The molecule has 17 nitrogen and oxygen atoms in total. The summed E-state index contributed by atoms with van der Waals surface area (Å²) in [7, 11) is 0. The molecule has 0 aliphatic rings. The molecule has 7 N–H and O–H groups in total. The number of carbonyl (C=O) groups excluding carboxylic acids is 3. The van der Waals surface area contributed by atoms with E-state index in [9.17, 15) is 56.0 Å². The Balaban J connectivity index is 0.000000193. The van der Waals surface area contributed by atoms with Crippen molar-refractivity contribution in [2.45, 2.75) is 116 Å². The van der Waals surface area contributed by atoms with Crippen LogP contribution in [0.1, 0.15) is 159 Å². The second kappa shape index (κ2) is 36.3. The van der Waals surface area contributed by atoms with Crippen LogP contribution in [0.15, 0.2) is 193 Å². The molecule has 3 atom stereocenters. The summed E-state index contributed by atoms with van der Waals surface area (Å²) in [4.78, 5) is 43.3. The first kappa shape index (κ1) is 75.9. The number of nitrogens with one attached hydrogen (secondary N) is 4. The normalized spacial score (nSPS) is 12.3. The predicted molar refractivity (Wildman–Crippen MR) is 372 cm³/mol. The Morgan fingerprint density at radius 2 is 0.848 bits per heavy atom. The molecule has 0 saturated heterocycles. The molecule has 27 heteroatoms. The number of pyridine rings is 1. The van der Waals surface area contributed by atoms with Crippen molar-refractivity contribution in [2.75, 3.05) is 11.9 Å². The van der Waals surface area contributed by atoms with Gasteiger partial charge in [-0.1, -0.05) is 127 Å². The Bertz CT molecular complexity index is 4260. The third-order valence-corrected chi connectivity index (χ3v) is 17.0. The molecule has 0 bridgehead atoms. The number of halogens is 10. The molecule has 10 aromatic rings. The van der Waals surface area contributed by atoms with Crippen molar-refractivity contribution in [3.8, 4) is 17.1 Å². The second-order valence-corrected chi connectivity index (χ2v) is 24.9. The Hall–Kier alpha value is -8.88. The molecule has 4 aromatic heterocycles. The fourth-order valence-electron chi connectivity index (χ4n) is 10.8. The van der Waals surface area contributed by atoms with Crippen molar-refractivity contribution in [2.24, 2.45) is 0 Å². The van der Waals surface area contributed by atoms with Crippen LogP contribution in [0, 0.1) is 0 Å². The van der Waals surface area contributed by atoms with Gasteiger partial charge in [0.2, 0.25) is 0 Å². The summed E-state index contributed by atoms with van der Waals surface area (Å²) in [5.74, 6) is -1.33. The lowest BCUT2D eigenvalue weighted by molar-refractivity contribution is -0.138. The number of nitrogens with zero attached hydrogens (tertiary/aromatic N) is 7. The number of rotatable bonds is 26. The first-order valence-electron chi connectivity index (χ1n) is 31.5. The van der Waals surface area contributed by atoms with Crippen molar-refractivity contribution < 1.29 is 56.0 Å². The van der Waals surface area contributed by atoms with Crippen LogP contribution in [-0.2, 0) is 32.2 Å². The minimum atomic E-state index is -4.51. The highest BCUT2D eigenvalue weighted by Crippen LogP contribution is 2.35. The Morgan fingerprint density at radius 1 is 0.475 bits per heavy atom. The molecule has 0 aliphatic carbocycles. The molecule has 4 heterocycles. The average molecular weight is 1490 g/mol. The number of aliphatic hydroxyl groups is 3. The van der Waals surface area contributed by atoms with Gasteiger partial charge in [0.1, 0.15) is 0 Å². The van der Waals surface area contributed by atoms with E-state index in [0.29, 0.717) is 74.5 Å². The summed E-state index contributed by atoms with van der Waals surface area (Å²) in [5, 5.41) is 56.2. The zero-order valence-corrected chi connectivity index (χ0v) is 57.4. The third kappa shape index (κ3) is 21.1. The van der Waals surface area contributed by atoms with Crippen molar-refractivity contribution in [1.82, 2.24) is 50.3 Å². The molecule has 520 valence electrons. The van der Waals surface area contributed by atoms with Gasteiger partial charge in [0, 0.05) is 38.5 Å². The SMILES string of the molecule is CCC[C@H](NC(=O)c1cnn(-c2ccc(Cl)cc2)c1CO)c1cccc(Br)c1.CCC[C@H](NC(=O)c1cnn(-c2ccc(Cl)cc2)c1CO)c1cccc(C(F)(F)F)c1.O=C(N[C@@H](CCCCCNc1cccnc1)c1cccc(C(F)(F)F)c1)c1cnn(-c2ccc(Cl)cc2)c1CO. The van der Waals surface area contributed by atoms with Crippen LogP contribution < -0.4 is 21.3 Å². The summed E-state index contributed by atoms with van der Waals surface area (Å²) in [5.41, 5.74) is 4.62. The maximum atomic E-state index is 13.4. The Labute approximate surface area is 591 Å². The molecule has 0 spiro atoms. The highest BCUT2D eigenvalue weighted by molar-refractivity contribution is 9.10. The predicted octanol–water partition coefficient (Wildman–Crippen LogP) is 16.9. The van der Waals surface area contributed by atoms with Crippen LogP contribution in [0.25, 0.3) is 17.1 Å². The van der Waals surface area contributed by atoms with Crippen LogP contribution in [-0.4, -0.2) is 73.9 Å². The van der Waals surface area contributed by atoms with Gasteiger partial charge in [-0.15, -0.1) is 0 Å². The van der Waals surface area contributed by atoms with E-state index in [4.69, 9.17) is 34.8 Å². The molecule has 0 aliphatic heterocycles. The zero-order chi connectivity index (χ0) is 71.2. The fourth-order valence-corrected chi connectivity index (χ4v) is 11.5. The van der Waals surface area contributed by atoms with E-state index in [1.165, 1.54) is 40.1 Å². The van der Waals surface area contributed by atoms with E-state index in [1.807, 2.05) is 43.3 Å². The number of aliphatic hydroxyl groups excluding tert-OH is 3. The molecule has 10 rings (SSSR count). The van der Waals surface area contributed by atoms with Crippen LogP contribution in [0.5, 0.6) is 0 Å². The zero-order valence-electron chi connectivity index (χ0n) is 53.6. The number of hydrogen-bond acceptors (Lipinski definition) is 11. The van der Waals surface area contributed by atoms with Gasteiger partial charge in [-0.3, -0.25) is 19.4 Å². The maximum Gasteiger partial charge on any atom is 0.416 e. The van der Waals surface area contributed by atoms with Gasteiger partial charge >= 0.3 is 12.4 Å². The van der Waals surface area contributed by atoms with Gasteiger partial charge in [-0.2, -0.15) is 41.6 Å². The Morgan fingerprint density at radius 3 is 1.19 bits per heavy atom. The largest absolute Gasteiger partial charge is 0.416 e. The number of carbonyl (C=O) groups is 3. The quantitative estimate of drug-likeness (QED) is 0.0199. The third-order valence-electron chi connectivity index (χ3n) is 15.7. The lowest BCUT2D eigenvalue weighted by Gasteiger charge is -2.21. The monoisotopic (exact) mass is 1480 g/mol. The van der Waals surface area contributed by atoms with Crippen molar-refractivity contribution in [3.63, 3.8) is 0 Å². The topological polar surface area (TPSA) is 226 Å². The van der Waals surface area contributed by atoms with Crippen molar-refractivity contribution in [3.05, 3.63) is 270 Å². The van der Waals surface area contributed by atoms with Gasteiger partial charge in [0.05, 0.1) is 124 Å². The van der Waals surface area contributed by atoms with Gasteiger partial charge in [0.15, 0.2) is 0 Å². The summed E-state index contributed by atoms with van der Waals surface area (Å²) in [6.07, 6.45) is 4.16. The van der Waals surface area contributed by atoms with Crippen LogP contribution >= 0.6 is 50.7 Å². The van der Waals surface area contributed by atoms with E-state index >= 15 is 0 Å². The van der Waals surface area contributed by atoms with Gasteiger partial charge in [-0.25, -0.2) is 14.0 Å². The molecule has 0 saturated carbocycles. The summed E-state index contributed by atoms with van der Waals surface area (Å²) in [6, 6.07) is 40.6. The van der Waals surface area contributed by atoms with E-state index in [0.717, 1.165) is 77.9 Å². The minimum absolute atomic E-state index is 0.125. The molecule has 0 unspecified atom stereocenters. The first-order valence-corrected chi connectivity index (χ1v) is 33.4. The molecule has 0 radical (unpaired) electrons. The van der Waals surface area contributed by atoms with Crippen molar-refractivity contribution >= 4 is 74.1 Å². The molecular formula is C72H71BrCl3F6N11O6. The second-order valence-electron chi connectivity index (χ2n) is 22.6. The smallest absolute Gasteiger partial charge is 0.390 e. The molecule has 6 aromatic carbocycles. The first-order chi connectivity index (χ1) is 47.5. The maximum absolute atomic E-state index is 13.4. The highest BCUT2D eigenvalue weighted by atomic mass is 79.9. The lowest BCUT2D eigenvalue weighted by atomic mass is 9.98. The van der Waals surface area contributed by atoms with Crippen LogP contribution in [0.4, 0.5) is 32.0 Å². The number of unbranched alkanes of at least 4 members (excludes halogenated alkanes) is 2. The molecule has 99 heavy (non-hydrogen) atoms. The lowest BCUT2D eigenvalue weighted by Crippen LogP contribution is -2.29. The highest BCUT2D eigenvalue weighted by Gasteiger charge is 2.33. The average Bonchev–Trinajstić information content (AvgIpc) is 1.73. The number of benzene rings is 6. The number of hydrogen-bond donors (Lipinski definition) is 7. The van der Waals surface area contributed by atoms with Crippen molar-refractivity contribution in [1.29, 1.82) is 0 Å². The standard InChI is InChI=1S/C29H29ClF3N5O2.C22H21ClF3N3O2.C21H21BrClN3O2/c30-22-10-12-24(13-11-22)38-27(19-39)25(18-36-38)28(40)37-26(20-6-4-7-21(16-20)29(31,32)33)9-2-1-3-15-35-23-8-5-14-34-17-23;1-2-4-19(14-5-3-6-15(11-14)22(24,25)26)28-21(31)18-12-27-29(20(18)13-30)17-9-7-16(23)8-10-17;1-2-4-19(14-5-3-6-15(22)11-14)25-21(28)18-12-24-26(20(18)13-27)17-9-7-16(23)8-10-17/h4-8,10-14,16-18,26,35,39H,1-3,9,15,19H2,(H,37,40);3,5-12,19,30H,2,4,13H2,1H3,(H,28,31);3,5-12,19,27H,2,4,13H2,1H3,(H,25,28)/t26-;2*19-/m000/s1. The number of anilines is 1. The molecular weight excluding hydrogens is 1420 g/mol. The summed E-state index contributed by atoms with van der Waals surface area (Å²) in [6.45, 7) is 3.45. The summed E-state index contributed by atoms with van der Waals surface area (Å²) >= 11 is 21.3. The Kier molecular flexibility index (Phi) is 27.8. The van der Waals surface area contributed by atoms with E-state index < -0.39 is 60.6 Å². The summed E-state index contributed by atoms with van der Waals surface area (Å²) < 4.78 is 85.0. The minimum Gasteiger partial charge on any atom is -0.390 e. The van der Waals surface area contributed by atoms with Crippen LogP contribution in [0.2, 0.25) is 15.1 Å². The van der Waals surface area contributed by atoms with Gasteiger partial charge in [0.25, 0.3) is 17.7 Å². The molecule has 3 amide bonds. The molecule has 0 fully saturated rings. The van der Waals surface area contributed by atoms with E-state index in [2.05, 4.69) is 64.4 Å². The fraction of sp³-hybridized carbons (Fsp3) is 0.264. The number of aromatic nitrogens is 7.